The number of benzene rings is 3. The van der Waals surface area contributed by atoms with Gasteiger partial charge in [0.05, 0.1) is 22.3 Å². The Labute approximate surface area is 179 Å². The average Bonchev–Trinajstić information content (AvgIpc) is 2.79. The maximum atomic E-state index is 14.3. The van der Waals surface area contributed by atoms with Gasteiger partial charge in [0.25, 0.3) is 5.69 Å². The van der Waals surface area contributed by atoms with Crippen molar-refractivity contribution in [2.75, 3.05) is 0 Å². The monoisotopic (exact) mass is 431 g/mol. The number of rotatable bonds is 3. The molecule has 32 heavy (non-hydrogen) atoms. The van der Waals surface area contributed by atoms with E-state index in [1.807, 2.05) is 0 Å². The van der Waals surface area contributed by atoms with Crippen molar-refractivity contribution in [2.45, 2.75) is 12.3 Å². The Bertz CT molecular complexity index is 1480. The third kappa shape index (κ3) is 3.04. The number of para-hydroxylation sites is 1. The van der Waals surface area contributed by atoms with E-state index in [-0.39, 0.29) is 40.0 Å². The first-order valence-corrected chi connectivity index (χ1v) is 9.73. The van der Waals surface area contributed by atoms with Crippen molar-refractivity contribution < 1.29 is 23.3 Å². The van der Waals surface area contributed by atoms with E-state index in [9.17, 15) is 24.1 Å². The molecule has 0 saturated carbocycles. The Morgan fingerprint density at radius 1 is 0.969 bits per heavy atom. The molecule has 1 aromatic heterocycles. The summed E-state index contributed by atoms with van der Waals surface area (Å²) < 4.78 is 25.4. The number of fused-ring (bicyclic) bond motifs is 3. The lowest BCUT2D eigenvalue weighted by molar-refractivity contribution is -0.385. The van der Waals surface area contributed by atoms with Crippen LogP contribution in [0.25, 0.3) is 22.1 Å². The number of nitrogens with zero attached hydrogens (tertiary/aromatic N) is 1. The fourth-order valence-corrected chi connectivity index (χ4v) is 4.14. The van der Waals surface area contributed by atoms with Crippen LogP contribution in [0.1, 0.15) is 23.5 Å². The van der Waals surface area contributed by atoms with Crippen molar-refractivity contribution in [3.05, 3.63) is 104 Å². The summed E-state index contributed by atoms with van der Waals surface area (Å²) in [4.78, 5) is 36.5. The quantitative estimate of drug-likeness (QED) is 0.197. The zero-order chi connectivity index (χ0) is 22.4. The molecule has 0 spiro atoms. The largest absolute Gasteiger partial charge is 0.463 e. The number of ether oxygens (including phenoxy) is 1. The molecule has 5 rings (SSSR count). The maximum absolute atomic E-state index is 14.3. The summed E-state index contributed by atoms with van der Waals surface area (Å²) in [6, 6.07) is 14.8. The first-order valence-electron chi connectivity index (χ1n) is 9.73. The topological polar surface area (TPSA) is 99.7 Å². The summed E-state index contributed by atoms with van der Waals surface area (Å²) in [5.74, 6) is -1.70. The Morgan fingerprint density at radius 2 is 1.72 bits per heavy atom. The lowest BCUT2D eigenvalue weighted by Crippen LogP contribution is -2.22. The van der Waals surface area contributed by atoms with Gasteiger partial charge in [0.2, 0.25) is 5.43 Å². The van der Waals surface area contributed by atoms with Crippen molar-refractivity contribution in [2.24, 2.45) is 0 Å². The van der Waals surface area contributed by atoms with Crippen LogP contribution in [0.15, 0.2) is 76.1 Å². The standard InChI is InChI=1S/C24H14FNO6/c25-18-7-3-1-5-13(18)17-12-31-24-15(23(17)28)9-10-20-22(24)16(11-21(27)32-20)14-6-2-4-8-19(14)26(29)30/h1-10,12,16H,11H2/t16-/m1/s1. The molecule has 3 aromatic carbocycles. The molecule has 0 saturated heterocycles. The van der Waals surface area contributed by atoms with Gasteiger partial charge in [0.1, 0.15) is 23.4 Å². The van der Waals surface area contributed by atoms with Crippen LogP contribution in [0.2, 0.25) is 0 Å². The number of hydrogen-bond donors (Lipinski definition) is 0. The average molecular weight is 431 g/mol. The zero-order valence-corrected chi connectivity index (χ0v) is 16.4. The second-order valence-corrected chi connectivity index (χ2v) is 7.36. The van der Waals surface area contributed by atoms with Crippen molar-refractivity contribution in [1.82, 2.24) is 0 Å². The number of halogens is 1. The molecule has 0 aliphatic carbocycles. The van der Waals surface area contributed by atoms with E-state index in [1.54, 1.807) is 18.2 Å². The van der Waals surface area contributed by atoms with E-state index in [0.29, 0.717) is 11.1 Å². The molecule has 4 aromatic rings. The van der Waals surface area contributed by atoms with Crippen LogP contribution in [0.4, 0.5) is 10.1 Å². The number of esters is 1. The lowest BCUT2D eigenvalue weighted by Gasteiger charge is -2.25. The molecule has 1 aliphatic heterocycles. The summed E-state index contributed by atoms with van der Waals surface area (Å²) in [7, 11) is 0. The Kier molecular flexibility index (Phi) is 4.55. The van der Waals surface area contributed by atoms with Crippen molar-refractivity contribution in [1.29, 1.82) is 0 Å². The van der Waals surface area contributed by atoms with Gasteiger partial charge >= 0.3 is 5.97 Å². The van der Waals surface area contributed by atoms with Gasteiger partial charge in [0, 0.05) is 28.7 Å². The van der Waals surface area contributed by atoms with E-state index in [4.69, 9.17) is 9.15 Å². The van der Waals surface area contributed by atoms with E-state index >= 15 is 0 Å². The summed E-state index contributed by atoms with van der Waals surface area (Å²) >= 11 is 0. The Morgan fingerprint density at radius 3 is 2.50 bits per heavy atom. The predicted octanol–water partition coefficient (Wildman–Crippen LogP) is 4.95. The van der Waals surface area contributed by atoms with Crippen LogP contribution in [0.5, 0.6) is 5.75 Å². The molecule has 7 nitrogen and oxygen atoms in total. The van der Waals surface area contributed by atoms with Crippen LogP contribution in [-0.2, 0) is 4.79 Å². The summed E-state index contributed by atoms with van der Waals surface area (Å²) in [6.45, 7) is 0. The minimum Gasteiger partial charge on any atom is -0.463 e. The second kappa shape index (κ2) is 7.42. The molecule has 0 amide bonds. The molecule has 0 bridgehead atoms. The van der Waals surface area contributed by atoms with E-state index in [2.05, 4.69) is 0 Å². The summed E-state index contributed by atoms with van der Waals surface area (Å²) in [5.41, 5.74) is 0.353. The molecule has 1 atom stereocenters. The van der Waals surface area contributed by atoms with E-state index in [0.717, 1.165) is 6.26 Å². The zero-order valence-electron chi connectivity index (χ0n) is 16.4. The molecule has 158 valence electrons. The number of hydrogen-bond acceptors (Lipinski definition) is 6. The molecule has 0 fully saturated rings. The number of nitro benzene ring substituents is 1. The summed E-state index contributed by atoms with van der Waals surface area (Å²) in [5, 5.41) is 11.7. The predicted molar refractivity (Wildman–Crippen MR) is 113 cm³/mol. The first-order chi connectivity index (χ1) is 15.5. The minimum atomic E-state index is -0.751. The lowest BCUT2D eigenvalue weighted by atomic mass is 9.84. The van der Waals surface area contributed by atoms with Crippen LogP contribution < -0.4 is 10.2 Å². The highest BCUT2D eigenvalue weighted by Gasteiger charge is 2.35. The molecular weight excluding hydrogens is 417 g/mol. The third-order valence-corrected chi connectivity index (χ3v) is 5.56. The maximum Gasteiger partial charge on any atom is 0.312 e. The van der Waals surface area contributed by atoms with Crippen molar-refractivity contribution in [3.63, 3.8) is 0 Å². The molecule has 2 heterocycles. The van der Waals surface area contributed by atoms with Gasteiger partial charge in [-0.3, -0.25) is 19.7 Å². The van der Waals surface area contributed by atoms with E-state index in [1.165, 1.54) is 42.5 Å². The second-order valence-electron chi connectivity index (χ2n) is 7.36. The Balaban J connectivity index is 1.78. The normalized spacial score (nSPS) is 15.3. The number of carbonyl (C=O) groups excluding carboxylic acids is 1. The minimum absolute atomic E-state index is 0.0468. The SMILES string of the molecule is O=C1C[C@H](c2ccccc2[N+](=O)[O-])c2c(ccc3c(=O)c(-c4ccccc4F)coc23)O1. The van der Waals surface area contributed by atoms with Crippen LogP contribution in [-0.4, -0.2) is 10.9 Å². The first kappa shape index (κ1) is 19.6. The van der Waals surface area contributed by atoms with Gasteiger partial charge in [-0.25, -0.2) is 4.39 Å². The van der Waals surface area contributed by atoms with Crippen LogP contribution in [0.3, 0.4) is 0 Å². The number of nitro groups is 1. The molecule has 8 heteroatoms. The van der Waals surface area contributed by atoms with Crippen molar-refractivity contribution in [3.8, 4) is 16.9 Å². The van der Waals surface area contributed by atoms with Gasteiger partial charge in [-0.2, -0.15) is 0 Å². The third-order valence-electron chi connectivity index (χ3n) is 5.56. The highest BCUT2D eigenvalue weighted by Crippen LogP contribution is 2.45. The smallest absolute Gasteiger partial charge is 0.312 e. The highest BCUT2D eigenvalue weighted by molar-refractivity contribution is 5.90. The molecule has 0 unspecified atom stereocenters. The van der Waals surface area contributed by atoms with E-state index < -0.39 is 28.1 Å². The highest BCUT2D eigenvalue weighted by atomic mass is 19.1. The molecule has 1 aliphatic rings. The Hall–Kier alpha value is -4.33. The van der Waals surface area contributed by atoms with Crippen LogP contribution >= 0.6 is 0 Å². The fourth-order valence-electron chi connectivity index (χ4n) is 4.14. The molecule has 0 N–H and O–H groups in total. The van der Waals surface area contributed by atoms with Gasteiger partial charge < -0.3 is 9.15 Å². The number of carbonyl (C=O) groups is 1. The van der Waals surface area contributed by atoms with Crippen LogP contribution in [0, 0.1) is 15.9 Å². The van der Waals surface area contributed by atoms with Gasteiger partial charge in [0.15, 0.2) is 0 Å². The fraction of sp³-hybridized carbons (Fsp3) is 0.0833. The molecular formula is C24H14FNO6. The van der Waals surface area contributed by atoms with Gasteiger partial charge in [-0.15, -0.1) is 0 Å². The molecule has 0 radical (unpaired) electrons. The van der Waals surface area contributed by atoms with Gasteiger partial charge in [-0.1, -0.05) is 36.4 Å². The van der Waals surface area contributed by atoms with Crippen molar-refractivity contribution >= 4 is 22.6 Å². The summed E-state index contributed by atoms with van der Waals surface area (Å²) in [6.07, 6.45) is 1.01. The van der Waals surface area contributed by atoms with Gasteiger partial charge in [-0.05, 0) is 18.2 Å².